The molecule has 0 heterocycles. The monoisotopic (exact) mass is 255 g/mol. The van der Waals surface area contributed by atoms with E-state index in [0.29, 0.717) is 25.3 Å². The summed E-state index contributed by atoms with van der Waals surface area (Å²) < 4.78 is 18.8. The van der Waals surface area contributed by atoms with Gasteiger partial charge < -0.3 is 15.2 Å². The fourth-order valence-electron chi connectivity index (χ4n) is 1.43. The third kappa shape index (κ3) is 5.47. The van der Waals surface area contributed by atoms with E-state index in [9.17, 15) is 4.39 Å². The molecule has 3 nitrogen and oxygen atoms in total. The molecule has 4 heteroatoms. The Balaban J connectivity index is 2.70. The Hall–Kier alpha value is -1.13. The standard InChI is InChI=1S/C14H22FNO2/c1-14(2,3)16-10-11-9-12(15)5-6-13(11)18-8-4-7-17/h5-6,9,16-17H,4,7-8,10H2,1-3H3. The van der Waals surface area contributed by atoms with E-state index in [4.69, 9.17) is 9.84 Å². The molecule has 0 aliphatic heterocycles. The average molecular weight is 255 g/mol. The lowest BCUT2D eigenvalue weighted by Crippen LogP contribution is -2.35. The van der Waals surface area contributed by atoms with Crippen molar-refractivity contribution in [2.24, 2.45) is 0 Å². The molecule has 0 saturated carbocycles. The van der Waals surface area contributed by atoms with Crippen molar-refractivity contribution in [1.29, 1.82) is 0 Å². The Kier molecular flexibility index (Phi) is 5.56. The SMILES string of the molecule is CC(C)(C)NCc1cc(F)ccc1OCCCO. The zero-order chi connectivity index (χ0) is 13.6. The van der Waals surface area contributed by atoms with Crippen molar-refractivity contribution in [2.75, 3.05) is 13.2 Å². The van der Waals surface area contributed by atoms with Crippen molar-refractivity contribution in [3.05, 3.63) is 29.6 Å². The minimum atomic E-state index is -0.268. The second-order valence-electron chi connectivity index (χ2n) is 5.28. The molecular formula is C14H22FNO2. The molecule has 0 aliphatic carbocycles. The van der Waals surface area contributed by atoms with Crippen LogP contribution in [0.1, 0.15) is 32.8 Å². The van der Waals surface area contributed by atoms with Crippen LogP contribution in [0.2, 0.25) is 0 Å². The highest BCUT2D eigenvalue weighted by molar-refractivity contribution is 5.34. The van der Waals surface area contributed by atoms with Gasteiger partial charge in [0.05, 0.1) is 6.61 Å². The van der Waals surface area contributed by atoms with E-state index >= 15 is 0 Å². The molecular weight excluding hydrogens is 233 g/mol. The van der Waals surface area contributed by atoms with Gasteiger partial charge in [0, 0.05) is 30.7 Å². The summed E-state index contributed by atoms with van der Waals surface area (Å²) in [6, 6.07) is 4.49. The number of aliphatic hydroxyl groups excluding tert-OH is 1. The van der Waals surface area contributed by atoms with Gasteiger partial charge in [0.1, 0.15) is 11.6 Å². The summed E-state index contributed by atoms with van der Waals surface area (Å²) in [5.74, 6) is 0.400. The highest BCUT2D eigenvalue weighted by atomic mass is 19.1. The van der Waals surface area contributed by atoms with Crippen LogP contribution in [0.5, 0.6) is 5.75 Å². The van der Waals surface area contributed by atoms with Crippen molar-refractivity contribution < 1.29 is 14.2 Å². The van der Waals surface area contributed by atoms with Crippen molar-refractivity contribution in [3.8, 4) is 5.75 Å². The van der Waals surface area contributed by atoms with E-state index in [0.717, 1.165) is 5.56 Å². The molecule has 0 bridgehead atoms. The summed E-state index contributed by atoms with van der Waals surface area (Å²) in [7, 11) is 0. The predicted molar refractivity (Wildman–Crippen MR) is 70.2 cm³/mol. The molecule has 0 fully saturated rings. The van der Waals surface area contributed by atoms with E-state index < -0.39 is 0 Å². The van der Waals surface area contributed by atoms with Crippen LogP contribution in [0, 0.1) is 5.82 Å². The Morgan fingerprint density at radius 3 is 2.67 bits per heavy atom. The van der Waals surface area contributed by atoms with E-state index in [1.807, 2.05) is 0 Å². The van der Waals surface area contributed by atoms with Gasteiger partial charge in [-0.25, -0.2) is 4.39 Å². The first-order valence-electron chi connectivity index (χ1n) is 6.19. The summed E-state index contributed by atoms with van der Waals surface area (Å²) in [4.78, 5) is 0. The molecule has 0 amide bonds. The van der Waals surface area contributed by atoms with Gasteiger partial charge in [0.25, 0.3) is 0 Å². The lowest BCUT2D eigenvalue weighted by molar-refractivity contribution is 0.232. The van der Waals surface area contributed by atoms with Gasteiger partial charge in [-0.1, -0.05) is 0 Å². The predicted octanol–water partition coefficient (Wildman–Crippen LogP) is 2.48. The van der Waals surface area contributed by atoms with E-state index in [1.165, 1.54) is 12.1 Å². The van der Waals surface area contributed by atoms with Crippen LogP contribution in [0.3, 0.4) is 0 Å². The van der Waals surface area contributed by atoms with Gasteiger partial charge in [-0.05, 0) is 39.0 Å². The molecule has 18 heavy (non-hydrogen) atoms. The van der Waals surface area contributed by atoms with Crippen LogP contribution in [-0.2, 0) is 6.54 Å². The van der Waals surface area contributed by atoms with Crippen LogP contribution < -0.4 is 10.1 Å². The normalized spacial score (nSPS) is 11.6. The summed E-state index contributed by atoms with van der Waals surface area (Å²) in [6.45, 7) is 7.24. The van der Waals surface area contributed by atoms with Crippen LogP contribution in [-0.4, -0.2) is 23.9 Å². The topological polar surface area (TPSA) is 41.5 Å². The Bertz CT molecular complexity index is 375. The van der Waals surface area contributed by atoms with Crippen molar-refractivity contribution in [2.45, 2.75) is 39.3 Å². The Morgan fingerprint density at radius 1 is 1.33 bits per heavy atom. The minimum Gasteiger partial charge on any atom is -0.493 e. The summed E-state index contributed by atoms with van der Waals surface area (Å²) in [5.41, 5.74) is 0.761. The minimum absolute atomic E-state index is 0.0330. The second kappa shape index (κ2) is 6.71. The molecule has 0 atom stereocenters. The molecule has 0 unspecified atom stereocenters. The molecule has 102 valence electrons. The molecule has 0 aromatic heterocycles. The molecule has 0 radical (unpaired) electrons. The van der Waals surface area contributed by atoms with Gasteiger partial charge in [0.2, 0.25) is 0 Å². The maximum absolute atomic E-state index is 13.2. The number of nitrogens with one attached hydrogen (secondary N) is 1. The number of ether oxygens (including phenoxy) is 1. The first-order chi connectivity index (χ1) is 8.42. The first-order valence-corrected chi connectivity index (χ1v) is 6.19. The van der Waals surface area contributed by atoms with Crippen molar-refractivity contribution in [1.82, 2.24) is 5.32 Å². The van der Waals surface area contributed by atoms with Crippen LogP contribution in [0.25, 0.3) is 0 Å². The molecule has 0 aliphatic rings. The highest BCUT2D eigenvalue weighted by Gasteiger charge is 2.11. The fourth-order valence-corrected chi connectivity index (χ4v) is 1.43. The van der Waals surface area contributed by atoms with Crippen LogP contribution >= 0.6 is 0 Å². The number of aliphatic hydroxyl groups is 1. The average Bonchev–Trinajstić information content (AvgIpc) is 2.28. The third-order valence-electron chi connectivity index (χ3n) is 2.39. The quantitative estimate of drug-likeness (QED) is 0.767. The van der Waals surface area contributed by atoms with Crippen LogP contribution in [0.15, 0.2) is 18.2 Å². The maximum Gasteiger partial charge on any atom is 0.123 e. The number of hydrogen-bond donors (Lipinski definition) is 2. The molecule has 1 rings (SSSR count). The van der Waals surface area contributed by atoms with Gasteiger partial charge >= 0.3 is 0 Å². The largest absolute Gasteiger partial charge is 0.493 e. The number of halogens is 1. The number of rotatable bonds is 6. The zero-order valence-electron chi connectivity index (χ0n) is 11.3. The number of benzene rings is 1. The van der Waals surface area contributed by atoms with E-state index in [-0.39, 0.29) is 18.0 Å². The lowest BCUT2D eigenvalue weighted by Gasteiger charge is -2.21. The first kappa shape index (κ1) is 14.9. The van der Waals surface area contributed by atoms with Gasteiger partial charge in [-0.2, -0.15) is 0 Å². The molecule has 1 aromatic carbocycles. The van der Waals surface area contributed by atoms with Crippen molar-refractivity contribution in [3.63, 3.8) is 0 Å². The lowest BCUT2D eigenvalue weighted by atomic mass is 10.1. The highest BCUT2D eigenvalue weighted by Crippen LogP contribution is 2.20. The maximum atomic E-state index is 13.2. The van der Waals surface area contributed by atoms with Gasteiger partial charge in [-0.3, -0.25) is 0 Å². The third-order valence-corrected chi connectivity index (χ3v) is 2.39. The van der Waals surface area contributed by atoms with Crippen molar-refractivity contribution >= 4 is 0 Å². The zero-order valence-corrected chi connectivity index (χ0v) is 11.3. The summed E-state index contributed by atoms with van der Waals surface area (Å²) in [5, 5.41) is 12.0. The van der Waals surface area contributed by atoms with Crippen LogP contribution in [0.4, 0.5) is 4.39 Å². The van der Waals surface area contributed by atoms with E-state index in [1.54, 1.807) is 6.07 Å². The summed E-state index contributed by atoms with van der Waals surface area (Å²) >= 11 is 0. The molecule has 2 N–H and O–H groups in total. The molecule has 0 spiro atoms. The summed E-state index contributed by atoms with van der Waals surface area (Å²) in [6.07, 6.45) is 0.573. The Morgan fingerprint density at radius 2 is 2.06 bits per heavy atom. The van der Waals surface area contributed by atoms with E-state index in [2.05, 4.69) is 26.1 Å². The smallest absolute Gasteiger partial charge is 0.123 e. The van der Waals surface area contributed by atoms with Gasteiger partial charge in [0.15, 0.2) is 0 Å². The fraction of sp³-hybridized carbons (Fsp3) is 0.571. The second-order valence-corrected chi connectivity index (χ2v) is 5.28. The van der Waals surface area contributed by atoms with Gasteiger partial charge in [-0.15, -0.1) is 0 Å². The number of hydrogen-bond acceptors (Lipinski definition) is 3. The molecule has 0 saturated heterocycles. The Labute approximate surface area is 108 Å². The molecule has 1 aromatic rings.